The molecule has 0 radical (unpaired) electrons. The van der Waals surface area contributed by atoms with E-state index in [2.05, 4.69) is 111 Å². The number of hydrogen-bond acceptors (Lipinski definition) is 6. The van der Waals surface area contributed by atoms with Crippen molar-refractivity contribution in [3.63, 3.8) is 0 Å². The molecular formula is C69H124N2O7P+. The molecule has 0 aliphatic heterocycles. The van der Waals surface area contributed by atoms with Crippen molar-refractivity contribution in [1.82, 2.24) is 5.32 Å². The Hall–Kier alpha value is -3.07. The number of hydrogen-bond donors (Lipinski definition) is 2. The highest BCUT2D eigenvalue weighted by Crippen LogP contribution is 2.43. The Morgan fingerprint density at radius 2 is 0.810 bits per heavy atom. The van der Waals surface area contributed by atoms with Gasteiger partial charge in [0.25, 0.3) is 0 Å². The van der Waals surface area contributed by atoms with E-state index in [0.29, 0.717) is 23.9 Å². The van der Waals surface area contributed by atoms with Gasteiger partial charge in [-0.2, -0.15) is 0 Å². The van der Waals surface area contributed by atoms with Crippen molar-refractivity contribution in [2.45, 2.75) is 290 Å². The highest BCUT2D eigenvalue weighted by molar-refractivity contribution is 7.47. The van der Waals surface area contributed by atoms with Crippen LogP contribution in [-0.2, 0) is 27.9 Å². The molecule has 0 rings (SSSR count). The standard InChI is InChI=1S/C69H123N2O7P/c1-7-10-13-16-19-22-25-28-30-32-33-34-35-36-37-39-41-44-47-50-53-56-59-62-69(73)78-67(60-57-54-51-48-45-42-27-24-21-18-15-12-9-3)66(65-77-79(74,75)76-64-63-71(4,5)6)70-68(72)61-58-55-52-49-46-43-40-38-31-29-26-23-20-17-14-11-8-2/h10,13,19,22,28-31,33-34,36-37,41,44,57,60,66-67H,7-9,11-12,14-18,20-21,23-27,32,35,38-40,42-43,45-56,58-59,61-65H2,1-6H3,(H-,70,72,74,75)/p+1/b13-10-,22-19-,30-28-,31-29+,34-33-,37-36-,44-41-,60-57-. The van der Waals surface area contributed by atoms with E-state index in [4.69, 9.17) is 13.8 Å². The number of amides is 1. The number of phosphoric acid groups is 1. The molecule has 0 fully saturated rings. The molecular weight excluding hydrogens is 1000 g/mol. The molecule has 0 bridgehead atoms. The zero-order chi connectivity index (χ0) is 57.9. The third-order valence-electron chi connectivity index (χ3n) is 14.0. The molecule has 0 saturated heterocycles. The Balaban J connectivity index is 5.30. The first-order valence-electron chi connectivity index (χ1n) is 32.6. The van der Waals surface area contributed by atoms with E-state index in [1.54, 1.807) is 0 Å². The molecule has 79 heavy (non-hydrogen) atoms. The van der Waals surface area contributed by atoms with Crippen LogP contribution < -0.4 is 5.32 Å². The monoisotopic (exact) mass is 1120 g/mol. The summed E-state index contributed by atoms with van der Waals surface area (Å²) in [4.78, 5) is 37.8. The number of unbranched alkanes of at least 4 members (excludes halogenated alkanes) is 28. The number of phosphoric ester groups is 1. The summed E-state index contributed by atoms with van der Waals surface area (Å²) >= 11 is 0. The number of allylic oxidation sites excluding steroid dienone is 15. The first-order chi connectivity index (χ1) is 38.4. The Morgan fingerprint density at radius 3 is 1.23 bits per heavy atom. The van der Waals surface area contributed by atoms with E-state index in [1.807, 2.05) is 33.3 Å². The Labute approximate surface area is 488 Å². The lowest BCUT2D eigenvalue weighted by Gasteiger charge is -2.27. The number of likely N-dealkylation sites (N-methyl/N-ethyl adjacent to an activating group) is 1. The van der Waals surface area contributed by atoms with Gasteiger partial charge < -0.3 is 19.4 Å². The third-order valence-corrected chi connectivity index (χ3v) is 15.0. The van der Waals surface area contributed by atoms with Crippen LogP contribution in [0.15, 0.2) is 97.2 Å². The van der Waals surface area contributed by atoms with E-state index < -0.39 is 20.0 Å². The lowest BCUT2D eigenvalue weighted by molar-refractivity contribution is -0.870. The average Bonchev–Trinajstić information content (AvgIpc) is 3.41. The molecule has 0 aromatic rings. The minimum absolute atomic E-state index is 0.0311. The van der Waals surface area contributed by atoms with Gasteiger partial charge in [-0.3, -0.25) is 18.6 Å². The van der Waals surface area contributed by atoms with Crippen LogP contribution in [0.1, 0.15) is 278 Å². The quantitative estimate of drug-likeness (QED) is 0.0205. The van der Waals surface area contributed by atoms with E-state index in [9.17, 15) is 19.0 Å². The molecule has 9 nitrogen and oxygen atoms in total. The van der Waals surface area contributed by atoms with Gasteiger partial charge in [-0.1, -0.05) is 253 Å². The summed E-state index contributed by atoms with van der Waals surface area (Å²) in [6, 6.07) is -0.867. The maximum absolute atomic E-state index is 13.6. The van der Waals surface area contributed by atoms with E-state index in [-0.39, 0.29) is 31.5 Å². The van der Waals surface area contributed by atoms with Gasteiger partial charge in [-0.15, -0.1) is 0 Å². The normalized spacial score (nSPS) is 14.3. The number of carbonyl (C=O) groups is 2. The number of ether oxygens (including phenoxy) is 1. The third kappa shape index (κ3) is 59.4. The average molecular weight is 1120 g/mol. The Bertz CT molecular complexity index is 1670. The highest BCUT2D eigenvalue weighted by atomic mass is 31.2. The first-order valence-corrected chi connectivity index (χ1v) is 34.1. The molecule has 0 aromatic carbocycles. The fourth-order valence-electron chi connectivity index (χ4n) is 9.00. The molecule has 10 heteroatoms. The summed E-state index contributed by atoms with van der Waals surface area (Å²) in [5.41, 5.74) is 0. The summed E-state index contributed by atoms with van der Waals surface area (Å²) in [6.45, 7) is 6.88. The van der Waals surface area contributed by atoms with Crippen molar-refractivity contribution >= 4 is 19.7 Å². The SMILES string of the molecule is CC/C=C\C/C=C\C/C=C\C/C=C\C/C=C\C/C=C\CCCCCCC(=O)OC(/C=C\CCCCCCCCCCCCC)C(COP(=O)(O)OCC[N+](C)(C)C)NC(=O)CCCCCCCCC/C=C/CCCCCCCC. The number of nitrogens with one attached hydrogen (secondary N) is 1. The molecule has 0 heterocycles. The van der Waals surface area contributed by atoms with E-state index in [1.165, 1.54) is 122 Å². The number of rotatable bonds is 58. The Morgan fingerprint density at radius 1 is 0.456 bits per heavy atom. The van der Waals surface area contributed by atoms with Gasteiger partial charge in [-0.25, -0.2) is 4.57 Å². The number of quaternary nitrogens is 1. The van der Waals surface area contributed by atoms with Gasteiger partial charge in [0.1, 0.15) is 19.3 Å². The maximum atomic E-state index is 13.6. The second kappa shape index (κ2) is 58.1. The highest BCUT2D eigenvalue weighted by Gasteiger charge is 2.30. The van der Waals surface area contributed by atoms with Crippen LogP contribution in [0.5, 0.6) is 0 Å². The summed E-state index contributed by atoms with van der Waals surface area (Å²) in [6.07, 6.45) is 78.3. The molecule has 0 aliphatic carbocycles. The molecule has 1 amide bonds. The van der Waals surface area contributed by atoms with Crippen LogP contribution in [0.25, 0.3) is 0 Å². The first kappa shape index (κ1) is 75.9. The largest absolute Gasteiger partial charge is 0.472 e. The van der Waals surface area contributed by atoms with Crippen LogP contribution in [0.2, 0.25) is 0 Å². The van der Waals surface area contributed by atoms with Gasteiger partial charge in [0, 0.05) is 12.8 Å². The van der Waals surface area contributed by atoms with Crippen molar-refractivity contribution in [2.24, 2.45) is 0 Å². The topological polar surface area (TPSA) is 111 Å². The summed E-state index contributed by atoms with van der Waals surface area (Å²) in [7, 11) is 1.47. The fraction of sp³-hybridized carbons (Fsp3) is 0.739. The Kier molecular flexibility index (Phi) is 55.9. The zero-order valence-corrected chi connectivity index (χ0v) is 53.0. The van der Waals surface area contributed by atoms with Crippen LogP contribution in [0.3, 0.4) is 0 Å². The van der Waals surface area contributed by atoms with Crippen LogP contribution in [-0.4, -0.2) is 74.3 Å². The van der Waals surface area contributed by atoms with E-state index >= 15 is 0 Å². The predicted molar refractivity (Wildman–Crippen MR) is 341 cm³/mol. The molecule has 0 saturated carbocycles. The van der Waals surface area contributed by atoms with Gasteiger partial charge >= 0.3 is 13.8 Å². The number of carbonyl (C=O) groups excluding carboxylic acids is 2. The fourth-order valence-corrected chi connectivity index (χ4v) is 9.73. The van der Waals surface area contributed by atoms with Crippen LogP contribution >= 0.6 is 7.82 Å². The van der Waals surface area contributed by atoms with Crippen molar-refractivity contribution in [1.29, 1.82) is 0 Å². The van der Waals surface area contributed by atoms with E-state index in [0.717, 1.165) is 116 Å². The maximum Gasteiger partial charge on any atom is 0.472 e. The minimum Gasteiger partial charge on any atom is -0.456 e. The van der Waals surface area contributed by atoms with Crippen molar-refractivity contribution in [3.8, 4) is 0 Å². The lowest BCUT2D eigenvalue weighted by atomic mass is 10.0. The lowest BCUT2D eigenvalue weighted by Crippen LogP contribution is -2.47. The molecule has 0 aromatic heterocycles. The molecule has 3 atom stereocenters. The van der Waals surface area contributed by atoms with Crippen molar-refractivity contribution in [3.05, 3.63) is 97.2 Å². The second-order valence-corrected chi connectivity index (χ2v) is 24.4. The van der Waals surface area contributed by atoms with Crippen molar-refractivity contribution < 1.29 is 37.3 Å². The number of esters is 1. The minimum atomic E-state index is -4.46. The van der Waals surface area contributed by atoms with Gasteiger partial charge in [-0.05, 0) is 109 Å². The van der Waals surface area contributed by atoms with Crippen LogP contribution in [0.4, 0.5) is 0 Å². The predicted octanol–water partition coefficient (Wildman–Crippen LogP) is 20.3. The van der Waals surface area contributed by atoms with Gasteiger partial charge in [0.05, 0.1) is 33.8 Å². The number of nitrogens with zero attached hydrogens (tertiary/aromatic N) is 1. The van der Waals surface area contributed by atoms with Gasteiger partial charge in [0.2, 0.25) is 5.91 Å². The zero-order valence-electron chi connectivity index (χ0n) is 52.1. The molecule has 456 valence electrons. The van der Waals surface area contributed by atoms with Crippen LogP contribution in [0, 0.1) is 0 Å². The molecule has 0 spiro atoms. The second-order valence-electron chi connectivity index (χ2n) is 22.9. The summed E-state index contributed by atoms with van der Waals surface area (Å²) in [5.74, 6) is -0.539. The molecule has 0 aliphatic rings. The molecule has 2 N–H and O–H groups in total. The molecule has 3 unspecified atom stereocenters. The van der Waals surface area contributed by atoms with Gasteiger partial charge in [0.15, 0.2) is 0 Å². The van der Waals surface area contributed by atoms with Crippen molar-refractivity contribution in [2.75, 3.05) is 40.9 Å². The summed E-state index contributed by atoms with van der Waals surface area (Å²) in [5, 5.41) is 3.05. The summed E-state index contributed by atoms with van der Waals surface area (Å²) < 4.78 is 30.7. The smallest absolute Gasteiger partial charge is 0.456 e.